The Kier molecular flexibility index (Phi) is 4.70. The Morgan fingerprint density at radius 2 is 2.30 bits per heavy atom. The van der Waals surface area contributed by atoms with Crippen LogP contribution in [0.4, 0.5) is 0 Å². The molecule has 0 radical (unpaired) electrons. The predicted octanol–water partition coefficient (Wildman–Crippen LogP) is 0.159. The number of hydrogen-bond donors (Lipinski definition) is 1. The Bertz CT molecular complexity index is 504. The highest BCUT2D eigenvalue weighted by molar-refractivity contribution is 5.92. The Balaban J connectivity index is 2.00. The van der Waals surface area contributed by atoms with Crippen LogP contribution in [0.25, 0.3) is 0 Å². The Hall–Kier alpha value is -1.92. The molecule has 2 rings (SSSR count). The summed E-state index contributed by atoms with van der Waals surface area (Å²) in [4.78, 5) is 24.7. The summed E-state index contributed by atoms with van der Waals surface area (Å²) in [5.74, 6) is -0.804. The van der Waals surface area contributed by atoms with Crippen molar-refractivity contribution < 1.29 is 19.1 Å². The summed E-state index contributed by atoms with van der Waals surface area (Å²) in [5, 5.41) is 0. The lowest BCUT2D eigenvalue weighted by atomic mass is 10.1. The van der Waals surface area contributed by atoms with Crippen molar-refractivity contribution in [3.63, 3.8) is 0 Å². The number of rotatable bonds is 4. The molecule has 1 atom stereocenters. The van der Waals surface area contributed by atoms with E-state index in [4.69, 9.17) is 10.5 Å². The maximum absolute atomic E-state index is 11.5. The van der Waals surface area contributed by atoms with Crippen molar-refractivity contribution in [1.29, 1.82) is 0 Å². The van der Waals surface area contributed by atoms with Crippen molar-refractivity contribution in [1.82, 2.24) is 4.90 Å². The molecule has 6 heteroatoms. The zero-order valence-corrected chi connectivity index (χ0v) is 11.4. The molecule has 0 bridgehead atoms. The van der Waals surface area contributed by atoms with Crippen molar-refractivity contribution >= 4 is 11.9 Å². The lowest BCUT2D eigenvalue weighted by Gasteiger charge is -2.31. The van der Waals surface area contributed by atoms with Gasteiger partial charge in [-0.1, -0.05) is 12.1 Å². The molecule has 6 nitrogen and oxygen atoms in total. The predicted molar refractivity (Wildman–Crippen MR) is 72.0 cm³/mol. The van der Waals surface area contributed by atoms with Crippen LogP contribution in [0.2, 0.25) is 0 Å². The number of benzene rings is 1. The van der Waals surface area contributed by atoms with E-state index >= 15 is 0 Å². The average molecular weight is 278 g/mol. The molecule has 1 unspecified atom stereocenters. The van der Waals surface area contributed by atoms with Crippen LogP contribution >= 0.6 is 0 Å². The van der Waals surface area contributed by atoms with E-state index in [2.05, 4.69) is 9.64 Å². The second-order valence-corrected chi connectivity index (χ2v) is 4.68. The lowest BCUT2D eigenvalue weighted by Crippen LogP contribution is -2.46. The van der Waals surface area contributed by atoms with Gasteiger partial charge in [-0.05, 0) is 17.7 Å². The van der Waals surface area contributed by atoms with Crippen molar-refractivity contribution in [2.45, 2.75) is 12.6 Å². The van der Waals surface area contributed by atoms with Crippen LogP contribution in [-0.4, -0.2) is 49.7 Å². The number of methoxy groups -OCH3 is 1. The van der Waals surface area contributed by atoms with E-state index in [1.54, 1.807) is 18.2 Å². The van der Waals surface area contributed by atoms with Crippen LogP contribution in [-0.2, 0) is 20.8 Å². The van der Waals surface area contributed by atoms with Crippen molar-refractivity contribution in [2.24, 2.45) is 5.73 Å². The molecule has 1 aromatic carbocycles. The minimum Gasteiger partial charge on any atom is -0.467 e. The van der Waals surface area contributed by atoms with Gasteiger partial charge in [0.05, 0.1) is 13.7 Å². The zero-order valence-electron chi connectivity index (χ0n) is 11.4. The number of nitrogens with zero attached hydrogens (tertiary/aromatic N) is 1. The summed E-state index contributed by atoms with van der Waals surface area (Å²) in [6.45, 7) is 2.33. The van der Waals surface area contributed by atoms with Crippen LogP contribution < -0.4 is 5.73 Å². The highest BCUT2D eigenvalue weighted by atomic mass is 16.6. The fraction of sp³-hybridized carbons (Fsp3) is 0.429. The van der Waals surface area contributed by atoms with E-state index in [0.717, 1.165) is 12.1 Å². The van der Waals surface area contributed by atoms with Crippen LogP contribution in [0, 0.1) is 0 Å². The van der Waals surface area contributed by atoms with Gasteiger partial charge < -0.3 is 15.2 Å². The number of ether oxygens (including phenoxy) is 2. The van der Waals surface area contributed by atoms with Gasteiger partial charge >= 0.3 is 5.97 Å². The normalized spacial score (nSPS) is 19.6. The number of esters is 1. The van der Waals surface area contributed by atoms with Gasteiger partial charge in [-0.2, -0.15) is 0 Å². The third-order valence-electron chi connectivity index (χ3n) is 3.23. The van der Waals surface area contributed by atoms with Crippen molar-refractivity contribution in [2.75, 3.05) is 26.8 Å². The first-order valence-corrected chi connectivity index (χ1v) is 6.40. The van der Waals surface area contributed by atoms with Crippen molar-refractivity contribution in [3.05, 3.63) is 35.4 Å². The molecule has 1 aliphatic rings. The van der Waals surface area contributed by atoms with Gasteiger partial charge in [0, 0.05) is 25.2 Å². The molecule has 2 N–H and O–H groups in total. The maximum atomic E-state index is 11.5. The Labute approximate surface area is 117 Å². The largest absolute Gasteiger partial charge is 0.467 e. The van der Waals surface area contributed by atoms with E-state index in [1.807, 2.05) is 6.07 Å². The van der Waals surface area contributed by atoms with Gasteiger partial charge in [-0.3, -0.25) is 9.69 Å². The topological polar surface area (TPSA) is 81.9 Å². The van der Waals surface area contributed by atoms with Gasteiger partial charge in [0.15, 0.2) is 6.10 Å². The molecule has 0 aliphatic carbocycles. The lowest BCUT2D eigenvalue weighted by molar-refractivity contribution is -0.160. The molecular weight excluding hydrogens is 260 g/mol. The average Bonchev–Trinajstić information content (AvgIpc) is 2.47. The first kappa shape index (κ1) is 14.5. The molecule has 1 saturated heterocycles. The molecule has 1 amide bonds. The zero-order chi connectivity index (χ0) is 14.5. The van der Waals surface area contributed by atoms with Gasteiger partial charge in [0.1, 0.15) is 0 Å². The summed E-state index contributed by atoms with van der Waals surface area (Å²) < 4.78 is 10.1. The molecule has 1 aromatic rings. The quantitative estimate of drug-likeness (QED) is 0.793. The second kappa shape index (κ2) is 6.49. The number of primary amides is 1. The van der Waals surface area contributed by atoms with E-state index < -0.39 is 12.0 Å². The summed E-state index contributed by atoms with van der Waals surface area (Å²) in [7, 11) is 1.35. The minimum atomic E-state index is -0.548. The fourth-order valence-electron chi connectivity index (χ4n) is 2.20. The van der Waals surface area contributed by atoms with Gasteiger partial charge in [0.2, 0.25) is 5.91 Å². The summed E-state index contributed by atoms with van der Waals surface area (Å²) in [6.07, 6.45) is -0.548. The molecule has 1 fully saturated rings. The maximum Gasteiger partial charge on any atom is 0.336 e. The van der Waals surface area contributed by atoms with Crippen molar-refractivity contribution in [3.8, 4) is 0 Å². The van der Waals surface area contributed by atoms with Crippen LogP contribution in [0.1, 0.15) is 15.9 Å². The SMILES string of the molecule is COC(=O)C1CN(Cc2cccc(C(N)=O)c2)CCO1. The molecule has 108 valence electrons. The number of hydrogen-bond acceptors (Lipinski definition) is 5. The Morgan fingerprint density at radius 1 is 1.50 bits per heavy atom. The number of amides is 1. The molecule has 0 aromatic heterocycles. The molecule has 0 spiro atoms. The highest BCUT2D eigenvalue weighted by Crippen LogP contribution is 2.12. The number of carbonyl (C=O) groups excluding carboxylic acids is 2. The number of nitrogens with two attached hydrogens (primary N) is 1. The van der Waals surface area contributed by atoms with E-state index in [0.29, 0.717) is 25.3 Å². The first-order valence-electron chi connectivity index (χ1n) is 6.40. The van der Waals surface area contributed by atoms with Crippen LogP contribution in [0.15, 0.2) is 24.3 Å². The molecule has 20 heavy (non-hydrogen) atoms. The van der Waals surface area contributed by atoms with E-state index in [9.17, 15) is 9.59 Å². The smallest absolute Gasteiger partial charge is 0.336 e. The van der Waals surface area contributed by atoms with Crippen LogP contribution in [0.5, 0.6) is 0 Å². The number of carbonyl (C=O) groups is 2. The fourth-order valence-corrected chi connectivity index (χ4v) is 2.20. The summed E-state index contributed by atoms with van der Waals surface area (Å²) in [5.41, 5.74) is 6.73. The molecule has 1 heterocycles. The molecule has 1 aliphatic heterocycles. The van der Waals surface area contributed by atoms with Gasteiger partial charge in [-0.15, -0.1) is 0 Å². The van der Waals surface area contributed by atoms with Gasteiger partial charge in [0.25, 0.3) is 0 Å². The highest BCUT2D eigenvalue weighted by Gasteiger charge is 2.27. The monoisotopic (exact) mass is 278 g/mol. The first-order chi connectivity index (χ1) is 9.60. The summed E-state index contributed by atoms with van der Waals surface area (Å²) in [6, 6.07) is 7.18. The number of morpholine rings is 1. The van der Waals surface area contributed by atoms with E-state index in [-0.39, 0.29) is 5.97 Å². The summed E-state index contributed by atoms with van der Waals surface area (Å²) >= 11 is 0. The Morgan fingerprint density at radius 3 is 3.00 bits per heavy atom. The van der Waals surface area contributed by atoms with Crippen LogP contribution in [0.3, 0.4) is 0 Å². The third kappa shape index (κ3) is 3.55. The van der Waals surface area contributed by atoms with E-state index in [1.165, 1.54) is 7.11 Å². The molecule has 0 saturated carbocycles. The molecular formula is C14H18N2O4. The standard InChI is InChI=1S/C14H18N2O4/c1-19-14(18)12-9-16(5-6-20-12)8-10-3-2-4-11(7-10)13(15)17/h2-4,7,12H,5-6,8-9H2,1H3,(H2,15,17). The second-order valence-electron chi connectivity index (χ2n) is 4.68. The van der Waals surface area contributed by atoms with Gasteiger partial charge in [-0.25, -0.2) is 4.79 Å². The minimum absolute atomic E-state index is 0.361. The third-order valence-corrected chi connectivity index (χ3v) is 3.23.